The number of thioether (sulfide) groups is 1. The van der Waals surface area contributed by atoms with Crippen molar-refractivity contribution >= 4 is 30.2 Å². The molecule has 5 heteroatoms. The van der Waals surface area contributed by atoms with E-state index in [1.807, 2.05) is 44.2 Å². The Balaban J connectivity index is 2.73. The topological polar surface area (TPSA) is 55.7 Å². The fourth-order valence-electron chi connectivity index (χ4n) is 1.35. The molecule has 0 aromatic heterocycles. The van der Waals surface area contributed by atoms with Gasteiger partial charge in [0, 0.05) is 15.4 Å². The molecule has 0 amide bonds. The second kappa shape index (κ2) is 8.87. The van der Waals surface area contributed by atoms with Gasteiger partial charge in [0.25, 0.3) is 0 Å². The standard InChI is InChI=1S/C15H15NO3S/c1-3-5-13(4-2)20-14-8-6-12(7-9-14)15(18)10-16-19-11-17/h3-11H,1-2H3/b5-3-,13-4+,16-10+. The van der Waals surface area contributed by atoms with Crippen molar-refractivity contribution in [2.75, 3.05) is 0 Å². The number of rotatable bonds is 7. The van der Waals surface area contributed by atoms with Crippen molar-refractivity contribution in [2.24, 2.45) is 5.16 Å². The molecular weight excluding hydrogens is 274 g/mol. The summed E-state index contributed by atoms with van der Waals surface area (Å²) in [4.78, 5) is 27.8. The van der Waals surface area contributed by atoms with Crippen LogP contribution in [0, 0.1) is 0 Å². The van der Waals surface area contributed by atoms with Crippen LogP contribution in [0.25, 0.3) is 0 Å². The lowest BCUT2D eigenvalue weighted by Gasteiger charge is -2.02. The van der Waals surface area contributed by atoms with E-state index in [4.69, 9.17) is 0 Å². The van der Waals surface area contributed by atoms with Crippen LogP contribution in [0.5, 0.6) is 0 Å². The third kappa shape index (κ3) is 5.24. The van der Waals surface area contributed by atoms with Crippen molar-refractivity contribution in [3.63, 3.8) is 0 Å². The second-order valence-electron chi connectivity index (χ2n) is 3.62. The summed E-state index contributed by atoms with van der Waals surface area (Å²) < 4.78 is 0. The third-order valence-corrected chi connectivity index (χ3v) is 3.38. The van der Waals surface area contributed by atoms with Gasteiger partial charge in [0.2, 0.25) is 5.78 Å². The Morgan fingerprint density at radius 3 is 2.50 bits per heavy atom. The Kier molecular flexibility index (Phi) is 7.06. The lowest BCUT2D eigenvalue weighted by atomic mass is 10.1. The first-order valence-corrected chi connectivity index (χ1v) is 6.77. The highest BCUT2D eigenvalue weighted by atomic mass is 32.2. The molecule has 0 N–H and O–H groups in total. The molecule has 0 atom stereocenters. The molecule has 1 aromatic rings. The van der Waals surface area contributed by atoms with Crippen molar-refractivity contribution in [3.05, 3.63) is 53.0 Å². The van der Waals surface area contributed by atoms with Gasteiger partial charge in [-0.05, 0) is 38.1 Å². The van der Waals surface area contributed by atoms with Crippen LogP contribution in [0.1, 0.15) is 24.2 Å². The number of hydrogen-bond acceptors (Lipinski definition) is 5. The Bertz CT molecular complexity index is 545. The Morgan fingerprint density at radius 2 is 1.95 bits per heavy atom. The smallest absolute Gasteiger partial charge is 0.322 e. The summed E-state index contributed by atoms with van der Waals surface area (Å²) in [5.74, 6) is -0.317. The summed E-state index contributed by atoms with van der Waals surface area (Å²) in [5.41, 5.74) is 0.487. The SMILES string of the molecule is C/C=C\C(=C/C)Sc1ccc(C(=O)/C=N/OC=O)cc1. The van der Waals surface area contributed by atoms with E-state index in [-0.39, 0.29) is 12.3 Å². The molecule has 0 bridgehead atoms. The van der Waals surface area contributed by atoms with E-state index in [0.29, 0.717) is 5.56 Å². The van der Waals surface area contributed by atoms with Crippen LogP contribution in [0.15, 0.2) is 57.4 Å². The zero-order chi connectivity index (χ0) is 14.8. The van der Waals surface area contributed by atoms with E-state index in [1.54, 1.807) is 23.9 Å². The average molecular weight is 289 g/mol. The number of benzene rings is 1. The molecule has 0 unspecified atom stereocenters. The van der Waals surface area contributed by atoms with Crippen LogP contribution in [-0.2, 0) is 9.63 Å². The maximum Gasteiger partial charge on any atom is 0.323 e. The molecule has 0 fully saturated rings. The average Bonchev–Trinajstić information content (AvgIpc) is 2.47. The van der Waals surface area contributed by atoms with Crippen LogP contribution in [0.2, 0.25) is 0 Å². The summed E-state index contributed by atoms with van der Waals surface area (Å²) in [5, 5.41) is 3.21. The predicted octanol–water partition coefficient (Wildman–Crippen LogP) is 3.60. The summed E-state index contributed by atoms with van der Waals surface area (Å²) in [6.45, 7) is 4.10. The molecule has 104 valence electrons. The van der Waals surface area contributed by atoms with Crippen molar-refractivity contribution in [3.8, 4) is 0 Å². The van der Waals surface area contributed by atoms with E-state index in [9.17, 15) is 9.59 Å². The minimum Gasteiger partial charge on any atom is -0.322 e. The highest BCUT2D eigenvalue weighted by Gasteiger charge is 2.03. The van der Waals surface area contributed by atoms with E-state index < -0.39 is 0 Å². The fourth-order valence-corrected chi connectivity index (χ4v) is 2.22. The van der Waals surface area contributed by atoms with Gasteiger partial charge in [-0.25, -0.2) is 0 Å². The predicted molar refractivity (Wildman–Crippen MR) is 80.8 cm³/mol. The van der Waals surface area contributed by atoms with Crippen molar-refractivity contribution in [2.45, 2.75) is 18.7 Å². The number of oxime groups is 1. The van der Waals surface area contributed by atoms with Gasteiger partial charge in [-0.15, -0.1) is 0 Å². The first-order chi connectivity index (χ1) is 9.71. The largest absolute Gasteiger partial charge is 0.323 e. The van der Waals surface area contributed by atoms with Gasteiger partial charge >= 0.3 is 6.47 Å². The van der Waals surface area contributed by atoms with Crippen LogP contribution >= 0.6 is 11.8 Å². The molecule has 1 rings (SSSR count). The number of nitrogens with zero attached hydrogens (tertiary/aromatic N) is 1. The molecule has 0 aliphatic rings. The van der Waals surface area contributed by atoms with Crippen LogP contribution in [0.4, 0.5) is 0 Å². The van der Waals surface area contributed by atoms with E-state index in [0.717, 1.165) is 16.0 Å². The number of allylic oxidation sites excluding steroid dienone is 3. The highest BCUT2D eigenvalue weighted by molar-refractivity contribution is 8.03. The van der Waals surface area contributed by atoms with Crippen LogP contribution < -0.4 is 0 Å². The van der Waals surface area contributed by atoms with Gasteiger partial charge in [-0.2, -0.15) is 0 Å². The molecule has 0 spiro atoms. The molecule has 0 aliphatic carbocycles. The summed E-state index contributed by atoms with van der Waals surface area (Å²) in [7, 11) is 0. The zero-order valence-corrected chi connectivity index (χ0v) is 12.1. The first-order valence-electron chi connectivity index (χ1n) is 5.95. The number of carbonyl (C=O) groups is 2. The molecule has 0 radical (unpaired) electrons. The summed E-state index contributed by atoms with van der Waals surface area (Å²) in [6.07, 6.45) is 6.98. The van der Waals surface area contributed by atoms with Crippen LogP contribution in [-0.4, -0.2) is 18.5 Å². The minimum atomic E-state index is -0.317. The highest BCUT2D eigenvalue weighted by Crippen LogP contribution is 2.27. The number of Topliss-reactive ketones (excluding diaryl/α,β-unsaturated/α-hetero) is 1. The quantitative estimate of drug-likeness (QED) is 0.146. The molecule has 4 nitrogen and oxygen atoms in total. The van der Waals surface area contributed by atoms with E-state index >= 15 is 0 Å². The lowest BCUT2D eigenvalue weighted by Crippen LogP contribution is -2.00. The van der Waals surface area contributed by atoms with Gasteiger partial charge in [-0.3, -0.25) is 9.59 Å². The van der Waals surface area contributed by atoms with Crippen molar-refractivity contribution < 1.29 is 14.4 Å². The van der Waals surface area contributed by atoms with Crippen molar-refractivity contribution in [1.29, 1.82) is 0 Å². The molecule has 0 saturated carbocycles. The zero-order valence-electron chi connectivity index (χ0n) is 11.3. The maximum atomic E-state index is 11.6. The molecule has 1 aromatic carbocycles. The third-order valence-electron chi connectivity index (χ3n) is 2.26. The maximum absolute atomic E-state index is 11.6. The molecule has 0 saturated heterocycles. The number of ketones is 1. The van der Waals surface area contributed by atoms with E-state index in [2.05, 4.69) is 9.99 Å². The van der Waals surface area contributed by atoms with Crippen LogP contribution in [0.3, 0.4) is 0 Å². The Hall–Kier alpha value is -2.14. The monoisotopic (exact) mass is 289 g/mol. The van der Waals surface area contributed by atoms with Gasteiger partial charge in [0.05, 0.1) is 0 Å². The molecule has 20 heavy (non-hydrogen) atoms. The van der Waals surface area contributed by atoms with E-state index in [1.165, 1.54) is 0 Å². The number of carbonyl (C=O) groups excluding carboxylic acids is 2. The lowest BCUT2D eigenvalue weighted by molar-refractivity contribution is -0.128. The van der Waals surface area contributed by atoms with Crippen molar-refractivity contribution in [1.82, 2.24) is 0 Å². The number of hydrogen-bond donors (Lipinski definition) is 0. The van der Waals surface area contributed by atoms with Gasteiger partial charge in [0.15, 0.2) is 0 Å². The van der Waals surface area contributed by atoms with Gasteiger partial charge in [0.1, 0.15) is 6.21 Å². The summed E-state index contributed by atoms with van der Waals surface area (Å²) in [6, 6.07) is 7.14. The fraction of sp³-hybridized carbons (Fsp3) is 0.133. The molecule has 0 aliphatic heterocycles. The first kappa shape index (κ1) is 15.9. The Labute approximate surface area is 122 Å². The van der Waals surface area contributed by atoms with Gasteiger partial charge in [-0.1, -0.05) is 35.1 Å². The Morgan fingerprint density at radius 1 is 1.25 bits per heavy atom. The van der Waals surface area contributed by atoms with Gasteiger partial charge < -0.3 is 4.84 Å². The molecule has 0 heterocycles. The summed E-state index contributed by atoms with van der Waals surface area (Å²) >= 11 is 1.61. The minimum absolute atomic E-state index is 0.156. The second-order valence-corrected chi connectivity index (χ2v) is 4.76. The normalized spacial score (nSPS) is 12.0. The molecular formula is C15H15NO3S.